The van der Waals surface area contributed by atoms with Gasteiger partial charge in [-0.2, -0.15) is 0 Å². The SMILES string of the molecule is CC1CCCC1CNS(=O)(=O)c1cc(Cl)ccc1N. The van der Waals surface area contributed by atoms with E-state index in [1.54, 1.807) is 6.07 Å². The molecule has 0 aromatic heterocycles. The summed E-state index contributed by atoms with van der Waals surface area (Å²) in [5.41, 5.74) is 5.93. The Labute approximate surface area is 119 Å². The lowest BCUT2D eigenvalue weighted by Crippen LogP contribution is -2.30. The Morgan fingerprint density at radius 3 is 2.79 bits per heavy atom. The van der Waals surface area contributed by atoms with E-state index in [9.17, 15) is 8.42 Å². The predicted molar refractivity (Wildman–Crippen MR) is 77.6 cm³/mol. The van der Waals surface area contributed by atoms with E-state index in [1.807, 2.05) is 0 Å². The summed E-state index contributed by atoms with van der Waals surface area (Å²) in [4.78, 5) is 0.0608. The van der Waals surface area contributed by atoms with Gasteiger partial charge in [0.1, 0.15) is 4.90 Å². The van der Waals surface area contributed by atoms with E-state index in [1.165, 1.54) is 25.0 Å². The number of nitrogen functional groups attached to an aromatic ring is 1. The van der Waals surface area contributed by atoms with E-state index in [0.717, 1.165) is 6.42 Å². The number of sulfonamides is 1. The van der Waals surface area contributed by atoms with Crippen LogP contribution < -0.4 is 10.5 Å². The summed E-state index contributed by atoms with van der Waals surface area (Å²) in [7, 11) is -3.58. The fourth-order valence-electron chi connectivity index (χ4n) is 2.56. The average molecular weight is 303 g/mol. The second-order valence-electron chi connectivity index (χ2n) is 5.20. The van der Waals surface area contributed by atoms with E-state index in [4.69, 9.17) is 17.3 Å². The van der Waals surface area contributed by atoms with Gasteiger partial charge in [-0.3, -0.25) is 0 Å². The van der Waals surface area contributed by atoms with Crippen molar-refractivity contribution in [3.05, 3.63) is 23.2 Å². The number of hydrogen-bond donors (Lipinski definition) is 2. The Bertz CT molecular complexity index is 560. The molecule has 0 saturated heterocycles. The van der Waals surface area contributed by atoms with Crippen molar-refractivity contribution in [1.82, 2.24) is 4.72 Å². The summed E-state index contributed by atoms with van der Waals surface area (Å²) in [5.74, 6) is 0.981. The summed E-state index contributed by atoms with van der Waals surface area (Å²) >= 11 is 5.83. The van der Waals surface area contributed by atoms with Gasteiger partial charge in [0.25, 0.3) is 0 Å². The van der Waals surface area contributed by atoms with Crippen LogP contribution in [-0.4, -0.2) is 15.0 Å². The van der Waals surface area contributed by atoms with Crippen LogP contribution in [0.2, 0.25) is 5.02 Å². The third kappa shape index (κ3) is 3.41. The van der Waals surface area contributed by atoms with Gasteiger partial charge in [-0.25, -0.2) is 13.1 Å². The molecule has 1 fully saturated rings. The first-order chi connectivity index (χ1) is 8.90. The van der Waals surface area contributed by atoms with E-state index >= 15 is 0 Å². The molecule has 0 amide bonds. The average Bonchev–Trinajstić information content (AvgIpc) is 2.75. The Kier molecular flexibility index (Phi) is 4.38. The van der Waals surface area contributed by atoms with Crippen LogP contribution in [0, 0.1) is 11.8 Å². The highest BCUT2D eigenvalue weighted by molar-refractivity contribution is 7.89. The van der Waals surface area contributed by atoms with Gasteiger partial charge in [-0.05, 0) is 36.5 Å². The maximum Gasteiger partial charge on any atom is 0.242 e. The Morgan fingerprint density at radius 2 is 2.16 bits per heavy atom. The smallest absolute Gasteiger partial charge is 0.242 e. The topological polar surface area (TPSA) is 72.2 Å². The molecule has 106 valence electrons. The Morgan fingerprint density at radius 1 is 1.42 bits per heavy atom. The standard InChI is InChI=1S/C13H19ClN2O2S/c1-9-3-2-4-10(9)8-16-19(17,18)13-7-11(14)5-6-12(13)15/h5-7,9-10,16H,2-4,8,15H2,1H3. The fourth-order valence-corrected chi connectivity index (χ4v) is 4.05. The minimum atomic E-state index is -3.58. The van der Waals surface area contributed by atoms with Crippen LogP contribution in [-0.2, 0) is 10.0 Å². The third-order valence-electron chi connectivity index (χ3n) is 3.84. The van der Waals surface area contributed by atoms with Crippen LogP contribution in [0.25, 0.3) is 0 Å². The Hall–Kier alpha value is -0.780. The van der Waals surface area contributed by atoms with Crippen molar-refractivity contribution >= 4 is 27.3 Å². The largest absolute Gasteiger partial charge is 0.398 e. The fraction of sp³-hybridized carbons (Fsp3) is 0.538. The highest BCUT2D eigenvalue weighted by Crippen LogP contribution is 2.31. The van der Waals surface area contributed by atoms with Crippen LogP contribution in [0.5, 0.6) is 0 Å². The van der Waals surface area contributed by atoms with Gasteiger partial charge in [0, 0.05) is 11.6 Å². The number of rotatable bonds is 4. The zero-order chi connectivity index (χ0) is 14.0. The first-order valence-electron chi connectivity index (χ1n) is 6.45. The molecule has 0 aliphatic heterocycles. The molecule has 19 heavy (non-hydrogen) atoms. The molecule has 1 aliphatic rings. The van der Waals surface area contributed by atoms with Crippen LogP contribution in [0.15, 0.2) is 23.1 Å². The molecule has 4 nitrogen and oxygen atoms in total. The lowest BCUT2D eigenvalue weighted by molar-refractivity contribution is 0.414. The summed E-state index contributed by atoms with van der Waals surface area (Å²) < 4.78 is 27.1. The zero-order valence-electron chi connectivity index (χ0n) is 10.9. The van der Waals surface area contributed by atoms with E-state index in [-0.39, 0.29) is 10.6 Å². The van der Waals surface area contributed by atoms with Crippen molar-refractivity contribution in [1.29, 1.82) is 0 Å². The quantitative estimate of drug-likeness (QED) is 0.840. The minimum absolute atomic E-state index is 0.0608. The van der Waals surface area contributed by atoms with Crippen LogP contribution in [0.3, 0.4) is 0 Å². The van der Waals surface area contributed by atoms with Crippen molar-refractivity contribution < 1.29 is 8.42 Å². The second kappa shape index (κ2) is 5.69. The molecule has 2 atom stereocenters. The zero-order valence-corrected chi connectivity index (χ0v) is 12.5. The summed E-state index contributed by atoms with van der Waals surface area (Å²) in [5, 5.41) is 0.365. The third-order valence-corrected chi connectivity index (χ3v) is 5.55. The first-order valence-corrected chi connectivity index (χ1v) is 8.31. The number of anilines is 1. The van der Waals surface area contributed by atoms with Gasteiger partial charge in [0.15, 0.2) is 0 Å². The molecule has 0 heterocycles. The van der Waals surface area contributed by atoms with Crippen molar-refractivity contribution in [2.24, 2.45) is 11.8 Å². The molecule has 2 rings (SSSR count). The Balaban J connectivity index is 2.12. The number of halogens is 1. The lowest BCUT2D eigenvalue weighted by Gasteiger charge is -2.16. The van der Waals surface area contributed by atoms with Crippen LogP contribution in [0.1, 0.15) is 26.2 Å². The highest BCUT2D eigenvalue weighted by atomic mass is 35.5. The minimum Gasteiger partial charge on any atom is -0.398 e. The number of benzene rings is 1. The molecule has 2 unspecified atom stereocenters. The van der Waals surface area contributed by atoms with Crippen LogP contribution >= 0.6 is 11.6 Å². The molecule has 0 bridgehead atoms. The lowest BCUT2D eigenvalue weighted by atomic mass is 9.99. The van der Waals surface area contributed by atoms with Crippen LogP contribution in [0.4, 0.5) is 5.69 Å². The molecule has 1 aromatic rings. The molecular weight excluding hydrogens is 284 g/mol. The van der Waals surface area contributed by atoms with Gasteiger partial charge >= 0.3 is 0 Å². The maximum atomic E-state index is 12.2. The second-order valence-corrected chi connectivity index (χ2v) is 7.37. The monoisotopic (exact) mass is 302 g/mol. The molecule has 1 aromatic carbocycles. The van der Waals surface area contributed by atoms with Gasteiger partial charge in [-0.1, -0.05) is 31.4 Å². The van der Waals surface area contributed by atoms with E-state index in [2.05, 4.69) is 11.6 Å². The highest BCUT2D eigenvalue weighted by Gasteiger charge is 2.26. The van der Waals surface area contributed by atoms with Gasteiger partial charge in [0.2, 0.25) is 10.0 Å². The number of hydrogen-bond acceptors (Lipinski definition) is 3. The van der Waals surface area contributed by atoms with Gasteiger partial charge in [-0.15, -0.1) is 0 Å². The van der Waals surface area contributed by atoms with Crippen molar-refractivity contribution in [3.8, 4) is 0 Å². The molecule has 3 N–H and O–H groups in total. The summed E-state index contributed by atoms with van der Waals surface area (Å²) in [6.07, 6.45) is 3.42. The summed E-state index contributed by atoms with van der Waals surface area (Å²) in [6, 6.07) is 4.47. The predicted octanol–water partition coefficient (Wildman–Crippen LogP) is 2.64. The molecule has 1 aliphatic carbocycles. The maximum absolute atomic E-state index is 12.2. The molecule has 0 spiro atoms. The first kappa shape index (κ1) is 14.6. The van der Waals surface area contributed by atoms with Gasteiger partial charge in [0.05, 0.1) is 5.69 Å². The number of nitrogens with one attached hydrogen (secondary N) is 1. The molecular formula is C13H19ClN2O2S. The molecule has 6 heteroatoms. The van der Waals surface area contributed by atoms with Crippen molar-refractivity contribution in [3.63, 3.8) is 0 Å². The van der Waals surface area contributed by atoms with E-state index < -0.39 is 10.0 Å². The van der Waals surface area contributed by atoms with Crippen molar-refractivity contribution in [2.75, 3.05) is 12.3 Å². The normalized spacial score (nSPS) is 23.7. The van der Waals surface area contributed by atoms with E-state index in [0.29, 0.717) is 23.4 Å². The molecule has 1 saturated carbocycles. The van der Waals surface area contributed by atoms with Gasteiger partial charge < -0.3 is 5.73 Å². The molecule has 0 radical (unpaired) electrons. The number of nitrogens with two attached hydrogens (primary N) is 1. The summed E-state index contributed by atoms with van der Waals surface area (Å²) in [6.45, 7) is 2.63. The van der Waals surface area contributed by atoms with Crippen molar-refractivity contribution in [2.45, 2.75) is 31.1 Å².